The molecule has 0 aliphatic heterocycles. The van der Waals surface area contributed by atoms with Gasteiger partial charge in [0.15, 0.2) is 0 Å². The van der Waals surface area contributed by atoms with Crippen molar-refractivity contribution in [2.45, 2.75) is 65.8 Å². The predicted molar refractivity (Wildman–Crippen MR) is 85.0 cm³/mol. The van der Waals surface area contributed by atoms with Crippen molar-refractivity contribution in [3.63, 3.8) is 0 Å². The van der Waals surface area contributed by atoms with E-state index in [0.717, 1.165) is 12.8 Å². The van der Waals surface area contributed by atoms with Crippen LogP contribution in [-0.4, -0.2) is 40.5 Å². The molecule has 5 nitrogen and oxygen atoms in total. The Bertz CT molecular complexity index is 335. The first-order valence-electron chi connectivity index (χ1n) is 7.82. The molecule has 0 rings (SSSR count). The summed E-state index contributed by atoms with van der Waals surface area (Å²) >= 11 is 0. The number of amides is 1. The number of nitrogens with zero attached hydrogens (tertiary/aromatic N) is 1. The molecule has 21 heavy (non-hydrogen) atoms. The lowest BCUT2D eigenvalue weighted by molar-refractivity contribution is -0.140. The van der Waals surface area contributed by atoms with Gasteiger partial charge in [0.25, 0.3) is 0 Å². The van der Waals surface area contributed by atoms with Crippen molar-refractivity contribution in [1.29, 1.82) is 0 Å². The van der Waals surface area contributed by atoms with Crippen LogP contribution in [0.2, 0.25) is 0 Å². The summed E-state index contributed by atoms with van der Waals surface area (Å²) in [6.07, 6.45) is 2.18. The summed E-state index contributed by atoms with van der Waals surface area (Å²) < 4.78 is 0. The first-order valence-corrected chi connectivity index (χ1v) is 7.82. The molecule has 124 valence electrons. The van der Waals surface area contributed by atoms with Crippen molar-refractivity contribution in [1.82, 2.24) is 4.90 Å². The van der Waals surface area contributed by atoms with Crippen LogP contribution < -0.4 is 5.73 Å². The van der Waals surface area contributed by atoms with Crippen LogP contribution >= 0.6 is 0 Å². The number of rotatable bonds is 9. The van der Waals surface area contributed by atoms with E-state index in [2.05, 4.69) is 13.8 Å². The maximum atomic E-state index is 12.4. The first-order chi connectivity index (χ1) is 9.59. The van der Waals surface area contributed by atoms with Crippen LogP contribution in [0.25, 0.3) is 0 Å². The minimum Gasteiger partial charge on any atom is -0.481 e. The van der Waals surface area contributed by atoms with Gasteiger partial charge in [-0.2, -0.15) is 0 Å². The van der Waals surface area contributed by atoms with E-state index >= 15 is 0 Å². The fourth-order valence-corrected chi connectivity index (χ4v) is 2.51. The molecule has 1 atom stereocenters. The molecule has 0 saturated heterocycles. The van der Waals surface area contributed by atoms with Crippen molar-refractivity contribution < 1.29 is 14.7 Å². The number of carbonyl (C=O) groups excluding carboxylic acids is 1. The van der Waals surface area contributed by atoms with Gasteiger partial charge in [-0.1, -0.05) is 13.8 Å². The lowest BCUT2D eigenvalue weighted by Gasteiger charge is -2.36. The zero-order valence-corrected chi connectivity index (χ0v) is 14.2. The van der Waals surface area contributed by atoms with Crippen molar-refractivity contribution in [2.75, 3.05) is 13.1 Å². The first kappa shape index (κ1) is 19.9. The Morgan fingerprint density at radius 2 is 1.71 bits per heavy atom. The van der Waals surface area contributed by atoms with Gasteiger partial charge in [0.1, 0.15) is 0 Å². The van der Waals surface area contributed by atoms with Gasteiger partial charge in [-0.15, -0.1) is 0 Å². The SMILES string of the molecule is CC(C)C(CCN)CCC(=O)N(CCC(=O)O)C(C)(C)C. The molecule has 0 bridgehead atoms. The topological polar surface area (TPSA) is 83.6 Å². The molecule has 0 aromatic carbocycles. The van der Waals surface area contributed by atoms with E-state index in [-0.39, 0.29) is 24.4 Å². The second-order valence-electron chi connectivity index (χ2n) is 6.98. The van der Waals surface area contributed by atoms with E-state index in [0.29, 0.717) is 24.8 Å². The maximum Gasteiger partial charge on any atom is 0.305 e. The Morgan fingerprint density at radius 1 is 1.14 bits per heavy atom. The number of hydrogen-bond acceptors (Lipinski definition) is 3. The van der Waals surface area contributed by atoms with Crippen LogP contribution in [-0.2, 0) is 9.59 Å². The number of carbonyl (C=O) groups is 2. The van der Waals surface area contributed by atoms with Crippen molar-refractivity contribution in [3.05, 3.63) is 0 Å². The third-order valence-electron chi connectivity index (χ3n) is 3.87. The molecule has 0 radical (unpaired) electrons. The lowest BCUT2D eigenvalue weighted by Crippen LogP contribution is -2.46. The standard InChI is InChI=1S/C16H32N2O3/c1-12(2)13(8-10-17)6-7-14(19)18(16(3,4)5)11-9-15(20)21/h12-13H,6-11,17H2,1-5H3,(H,20,21). The Hall–Kier alpha value is -1.10. The Kier molecular flexibility index (Phi) is 8.55. The predicted octanol–water partition coefficient (Wildman–Crippen LogP) is 2.49. The number of carboxylic acid groups (broad SMARTS) is 1. The summed E-state index contributed by atoms with van der Waals surface area (Å²) in [5.41, 5.74) is 5.27. The van der Waals surface area contributed by atoms with E-state index < -0.39 is 5.97 Å². The van der Waals surface area contributed by atoms with Gasteiger partial charge < -0.3 is 15.7 Å². The molecule has 0 fully saturated rings. The molecular weight excluding hydrogens is 268 g/mol. The van der Waals surface area contributed by atoms with Crippen LogP contribution in [0.4, 0.5) is 0 Å². The third kappa shape index (κ3) is 8.05. The molecule has 1 amide bonds. The summed E-state index contributed by atoms with van der Waals surface area (Å²) in [5, 5.41) is 8.82. The summed E-state index contributed by atoms with van der Waals surface area (Å²) in [4.78, 5) is 24.9. The quantitative estimate of drug-likeness (QED) is 0.685. The van der Waals surface area contributed by atoms with Crippen LogP contribution in [0.15, 0.2) is 0 Å². The summed E-state index contributed by atoms with van der Waals surface area (Å²) in [6.45, 7) is 11.0. The van der Waals surface area contributed by atoms with E-state index in [1.54, 1.807) is 4.90 Å². The molecule has 0 aliphatic rings. The van der Waals surface area contributed by atoms with Crippen molar-refractivity contribution in [2.24, 2.45) is 17.6 Å². The molecule has 0 heterocycles. The molecule has 5 heteroatoms. The van der Waals surface area contributed by atoms with E-state index in [1.807, 2.05) is 20.8 Å². The highest BCUT2D eigenvalue weighted by molar-refractivity contribution is 5.77. The smallest absolute Gasteiger partial charge is 0.305 e. The zero-order chi connectivity index (χ0) is 16.6. The molecule has 0 aliphatic carbocycles. The number of carboxylic acids is 1. The Labute approximate surface area is 128 Å². The second-order valence-corrected chi connectivity index (χ2v) is 6.98. The maximum absolute atomic E-state index is 12.4. The number of nitrogens with two attached hydrogens (primary N) is 1. The zero-order valence-electron chi connectivity index (χ0n) is 14.2. The van der Waals surface area contributed by atoms with Crippen molar-refractivity contribution in [3.8, 4) is 0 Å². The summed E-state index contributed by atoms with van der Waals surface area (Å²) in [6, 6.07) is 0. The van der Waals surface area contributed by atoms with E-state index in [1.165, 1.54) is 0 Å². The lowest BCUT2D eigenvalue weighted by atomic mass is 9.88. The van der Waals surface area contributed by atoms with Gasteiger partial charge in [-0.25, -0.2) is 0 Å². The number of aliphatic carboxylic acids is 1. The number of hydrogen-bond donors (Lipinski definition) is 2. The fourth-order valence-electron chi connectivity index (χ4n) is 2.51. The summed E-state index contributed by atoms with van der Waals surface area (Å²) in [7, 11) is 0. The molecule has 0 aromatic rings. The van der Waals surface area contributed by atoms with Crippen molar-refractivity contribution >= 4 is 11.9 Å². The minimum atomic E-state index is -0.875. The van der Waals surface area contributed by atoms with Gasteiger partial charge in [-0.05, 0) is 52.0 Å². The second kappa shape index (κ2) is 9.03. The molecular formula is C16H32N2O3. The largest absolute Gasteiger partial charge is 0.481 e. The van der Waals surface area contributed by atoms with Gasteiger partial charge in [-0.3, -0.25) is 9.59 Å². The average molecular weight is 300 g/mol. The minimum absolute atomic E-state index is 0.0145. The third-order valence-corrected chi connectivity index (χ3v) is 3.87. The Morgan fingerprint density at radius 3 is 2.10 bits per heavy atom. The highest BCUT2D eigenvalue weighted by Crippen LogP contribution is 2.23. The average Bonchev–Trinajstić information content (AvgIpc) is 2.32. The van der Waals surface area contributed by atoms with Crippen LogP contribution in [0.3, 0.4) is 0 Å². The Balaban J connectivity index is 4.63. The van der Waals surface area contributed by atoms with Gasteiger partial charge >= 0.3 is 5.97 Å². The highest BCUT2D eigenvalue weighted by atomic mass is 16.4. The van der Waals surface area contributed by atoms with Gasteiger partial charge in [0, 0.05) is 18.5 Å². The molecule has 0 saturated carbocycles. The fraction of sp³-hybridized carbons (Fsp3) is 0.875. The molecule has 0 spiro atoms. The van der Waals surface area contributed by atoms with E-state index in [9.17, 15) is 9.59 Å². The van der Waals surface area contributed by atoms with Crippen LogP contribution in [0.1, 0.15) is 60.3 Å². The summed E-state index contributed by atoms with van der Waals surface area (Å²) in [5.74, 6) is 0.107. The molecule has 3 N–H and O–H groups in total. The highest BCUT2D eigenvalue weighted by Gasteiger charge is 2.27. The monoisotopic (exact) mass is 300 g/mol. The molecule has 0 aromatic heterocycles. The van der Waals surface area contributed by atoms with Crippen LogP contribution in [0.5, 0.6) is 0 Å². The van der Waals surface area contributed by atoms with Crippen LogP contribution in [0, 0.1) is 11.8 Å². The van der Waals surface area contributed by atoms with Gasteiger partial charge in [0.05, 0.1) is 6.42 Å². The van der Waals surface area contributed by atoms with E-state index in [4.69, 9.17) is 10.8 Å². The molecule has 1 unspecified atom stereocenters. The van der Waals surface area contributed by atoms with Gasteiger partial charge in [0.2, 0.25) is 5.91 Å². The normalized spacial score (nSPS) is 13.3.